The van der Waals surface area contributed by atoms with Gasteiger partial charge in [0.1, 0.15) is 0 Å². The molecule has 0 atom stereocenters. The monoisotopic (exact) mass is 206 g/mol. The van der Waals surface area contributed by atoms with Crippen LogP contribution in [0.25, 0.3) is 17.2 Å². The van der Waals surface area contributed by atoms with Crippen molar-refractivity contribution in [2.45, 2.75) is 13.3 Å². The molecule has 78 valence electrons. The summed E-state index contributed by atoms with van der Waals surface area (Å²) < 4.78 is 0. The van der Waals surface area contributed by atoms with Gasteiger partial charge in [0.25, 0.3) is 0 Å². The maximum atomic E-state index is 2.25. The Kier molecular flexibility index (Phi) is 2.14. The number of hydrogen-bond donors (Lipinski definition) is 0. The highest BCUT2D eigenvalue weighted by molar-refractivity contribution is 5.81. The Hall–Kier alpha value is -1.82. The Balaban J connectivity index is 2.28. The lowest BCUT2D eigenvalue weighted by Crippen LogP contribution is -1.90. The van der Waals surface area contributed by atoms with Crippen LogP contribution in [0.4, 0.5) is 0 Å². The summed E-state index contributed by atoms with van der Waals surface area (Å²) >= 11 is 0. The van der Waals surface area contributed by atoms with Crippen LogP contribution in [0.15, 0.2) is 48.5 Å². The van der Waals surface area contributed by atoms with Gasteiger partial charge in [-0.15, -0.1) is 0 Å². The lowest BCUT2D eigenvalue weighted by Gasteiger charge is -2.11. The van der Waals surface area contributed by atoms with E-state index in [1.807, 2.05) is 0 Å². The van der Waals surface area contributed by atoms with Crippen LogP contribution in [0.5, 0.6) is 0 Å². The number of hydrogen-bond acceptors (Lipinski definition) is 0. The summed E-state index contributed by atoms with van der Waals surface area (Å²) in [5.41, 5.74) is 6.93. The van der Waals surface area contributed by atoms with Crippen LogP contribution in [0.3, 0.4) is 0 Å². The lowest BCUT2D eigenvalue weighted by molar-refractivity contribution is 1.29. The maximum absolute atomic E-state index is 2.25. The first-order valence-electron chi connectivity index (χ1n) is 5.71. The molecule has 0 saturated heterocycles. The zero-order valence-corrected chi connectivity index (χ0v) is 9.40. The number of rotatable bonds is 1. The van der Waals surface area contributed by atoms with Gasteiger partial charge in [0.05, 0.1) is 0 Å². The fourth-order valence-electron chi connectivity index (χ4n) is 2.43. The van der Waals surface area contributed by atoms with Gasteiger partial charge in [-0.25, -0.2) is 0 Å². The molecule has 0 bridgehead atoms. The molecule has 0 saturated carbocycles. The number of allylic oxidation sites excluding steroid dienone is 1. The van der Waals surface area contributed by atoms with Crippen LogP contribution < -0.4 is 0 Å². The smallest absolute Gasteiger partial charge is 0.00794 e. The largest absolute Gasteiger partial charge is 0.0795 e. The van der Waals surface area contributed by atoms with Gasteiger partial charge in [-0.3, -0.25) is 0 Å². The van der Waals surface area contributed by atoms with Crippen molar-refractivity contribution in [2.75, 3.05) is 0 Å². The molecule has 0 unspecified atom stereocenters. The first kappa shape index (κ1) is 9.41. The summed E-state index contributed by atoms with van der Waals surface area (Å²) in [7, 11) is 0. The molecule has 2 aromatic carbocycles. The van der Waals surface area contributed by atoms with Crippen LogP contribution in [0, 0.1) is 6.92 Å². The van der Waals surface area contributed by atoms with Crippen LogP contribution in [0.2, 0.25) is 0 Å². The first-order valence-corrected chi connectivity index (χ1v) is 5.71. The Bertz CT molecular complexity index is 548. The quantitative estimate of drug-likeness (QED) is 0.655. The summed E-state index contributed by atoms with van der Waals surface area (Å²) in [4.78, 5) is 0. The molecule has 0 amide bonds. The van der Waals surface area contributed by atoms with E-state index in [4.69, 9.17) is 0 Å². The number of fused-ring (bicyclic) bond motifs is 1. The molecule has 1 aliphatic carbocycles. The van der Waals surface area contributed by atoms with E-state index in [9.17, 15) is 0 Å². The molecule has 0 aliphatic heterocycles. The standard InChI is InChI=1S/C16H14/c1-12-10-11-13-8-5-9-15(13)16(12)14-6-3-2-4-7-14/h2-7,9-11H,8H2,1H3. The highest BCUT2D eigenvalue weighted by atomic mass is 14.2. The molecule has 16 heavy (non-hydrogen) atoms. The third kappa shape index (κ3) is 1.38. The Morgan fingerprint density at radius 3 is 2.56 bits per heavy atom. The van der Waals surface area contributed by atoms with E-state index in [-0.39, 0.29) is 0 Å². The van der Waals surface area contributed by atoms with E-state index >= 15 is 0 Å². The van der Waals surface area contributed by atoms with Gasteiger partial charge in [0, 0.05) is 0 Å². The SMILES string of the molecule is Cc1ccc2c(c1-c1ccccc1)C=CC2. The van der Waals surface area contributed by atoms with Crippen LogP contribution in [-0.2, 0) is 6.42 Å². The molecule has 2 aromatic rings. The third-order valence-corrected chi connectivity index (χ3v) is 3.23. The van der Waals surface area contributed by atoms with Gasteiger partial charge in [-0.05, 0) is 41.2 Å². The minimum Gasteiger partial charge on any atom is -0.0795 e. The summed E-state index contributed by atoms with van der Waals surface area (Å²) in [5.74, 6) is 0. The number of benzene rings is 2. The van der Waals surface area contributed by atoms with E-state index in [1.165, 1.54) is 27.8 Å². The predicted molar refractivity (Wildman–Crippen MR) is 69.4 cm³/mol. The minimum absolute atomic E-state index is 1.08. The molecule has 0 fully saturated rings. The zero-order chi connectivity index (χ0) is 11.0. The molecular weight excluding hydrogens is 192 g/mol. The highest BCUT2D eigenvalue weighted by Crippen LogP contribution is 2.33. The molecule has 0 heterocycles. The fraction of sp³-hybridized carbons (Fsp3) is 0.125. The molecule has 0 N–H and O–H groups in total. The first-order chi connectivity index (χ1) is 7.86. The Labute approximate surface area is 96.3 Å². The minimum atomic E-state index is 1.08. The normalized spacial score (nSPS) is 12.8. The second kappa shape index (κ2) is 3.64. The summed E-state index contributed by atoms with van der Waals surface area (Å²) in [6.45, 7) is 2.19. The molecule has 0 radical (unpaired) electrons. The second-order valence-electron chi connectivity index (χ2n) is 4.30. The van der Waals surface area contributed by atoms with Crippen LogP contribution >= 0.6 is 0 Å². The molecule has 0 nitrogen and oxygen atoms in total. The van der Waals surface area contributed by atoms with E-state index in [0.717, 1.165) is 6.42 Å². The van der Waals surface area contributed by atoms with Crippen molar-refractivity contribution in [1.29, 1.82) is 0 Å². The van der Waals surface area contributed by atoms with Crippen LogP contribution in [-0.4, -0.2) is 0 Å². The van der Waals surface area contributed by atoms with Crippen molar-refractivity contribution in [3.05, 3.63) is 65.2 Å². The van der Waals surface area contributed by atoms with Crippen molar-refractivity contribution in [2.24, 2.45) is 0 Å². The lowest BCUT2D eigenvalue weighted by atomic mass is 9.93. The summed E-state index contributed by atoms with van der Waals surface area (Å²) in [5, 5.41) is 0. The van der Waals surface area contributed by atoms with Gasteiger partial charge in [-0.2, -0.15) is 0 Å². The van der Waals surface area contributed by atoms with Gasteiger partial charge < -0.3 is 0 Å². The average Bonchev–Trinajstić information content (AvgIpc) is 2.78. The van der Waals surface area contributed by atoms with E-state index in [2.05, 4.69) is 61.5 Å². The molecule has 1 aliphatic rings. The Morgan fingerprint density at radius 1 is 0.938 bits per heavy atom. The Morgan fingerprint density at radius 2 is 1.75 bits per heavy atom. The molecule has 0 heteroatoms. The molecule has 0 spiro atoms. The maximum Gasteiger partial charge on any atom is -0.00794 e. The van der Waals surface area contributed by atoms with E-state index in [0.29, 0.717) is 0 Å². The van der Waals surface area contributed by atoms with Crippen molar-refractivity contribution in [1.82, 2.24) is 0 Å². The van der Waals surface area contributed by atoms with Crippen molar-refractivity contribution in [3.63, 3.8) is 0 Å². The number of aryl methyl sites for hydroxylation is 1. The van der Waals surface area contributed by atoms with Gasteiger partial charge in [0.2, 0.25) is 0 Å². The van der Waals surface area contributed by atoms with Crippen LogP contribution in [0.1, 0.15) is 16.7 Å². The summed E-state index contributed by atoms with van der Waals surface area (Å²) in [6, 6.07) is 15.1. The van der Waals surface area contributed by atoms with Gasteiger partial charge in [0.15, 0.2) is 0 Å². The zero-order valence-electron chi connectivity index (χ0n) is 9.40. The third-order valence-electron chi connectivity index (χ3n) is 3.23. The van der Waals surface area contributed by atoms with E-state index in [1.54, 1.807) is 0 Å². The van der Waals surface area contributed by atoms with Crippen molar-refractivity contribution < 1.29 is 0 Å². The average molecular weight is 206 g/mol. The predicted octanol–water partition coefficient (Wildman–Crippen LogP) is 4.23. The summed E-state index contributed by atoms with van der Waals surface area (Å²) in [6.07, 6.45) is 5.58. The highest BCUT2D eigenvalue weighted by Gasteiger charge is 2.13. The second-order valence-corrected chi connectivity index (χ2v) is 4.30. The van der Waals surface area contributed by atoms with E-state index < -0.39 is 0 Å². The van der Waals surface area contributed by atoms with Crippen molar-refractivity contribution >= 4 is 6.08 Å². The molecular formula is C16H14. The van der Waals surface area contributed by atoms with Crippen molar-refractivity contribution in [3.8, 4) is 11.1 Å². The van der Waals surface area contributed by atoms with Gasteiger partial charge >= 0.3 is 0 Å². The molecule has 0 aromatic heterocycles. The van der Waals surface area contributed by atoms with Gasteiger partial charge in [-0.1, -0.05) is 54.6 Å². The topological polar surface area (TPSA) is 0 Å². The molecule has 3 rings (SSSR count). The fourth-order valence-corrected chi connectivity index (χ4v) is 2.43.